The Labute approximate surface area is 145 Å². The summed E-state index contributed by atoms with van der Waals surface area (Å²) in [6, 6.07) is 6.04. The summed E-state index contributed by atoms with van der Waals surface area (Å²) in [5.41, 5.74) is 1.34. The first-order chi connectivity index (χ1) is 11.9. The Bertz CT molecular complexity index is 768. The van der Waals surface area contributed by atoms with E-state index in [1.54, 1.807) is 19.9 Å². The molecule has 1 aromatic heterocycles. The van der Waals surface area contributed by atoms with Crippen LogP contribution >= 0.6 is 0 Å². The summed E-state index contributed by atoms with van der Waals surface area (Å²) in [7, 11) is 0. The molecule has 0 unspecified atom stereocenters. The van der Waals surface area contributed by atoms with Crippen LogP contribution in [-0.4, -0.2) is 51.9 Å². The van der Waals surface area contributed by atoms with Gasteiger partial charge in [0.2, 0.25) is 11.9 Å². The highest BCUT2D eigenvalue weighted by atomic mass is 19.1. The molecule has 7 heteroatoms. The SMILES string of the molecule is CC(=O)N1CCN(Cc2ccc(-c3cc(F)nc(C)n3)c(F)c2)CC1. The van der Waals surface area contributed by atoms with Gasteiger partial charge in [-0.2, -0.15) is 4.39 Å². The molecule has 0 saturated carbocycles. The third-order valence-corrected chi connectivity index (χ3v) is 4.34. The molecule has 5 nitrogen and oxygen atoms in total. The second-order valence-corrected chi connectivity index (χ2v) is 6.22. The number of rotatable bonds is 3. The van der Waals surface area contributed by atoms with Gasteiger partial charge in [-0.05, 0) is 24.6 Å². The Balaban J connectivity index is 1.71. The highest BCUT2D eigenvalue weighted by Gasteiger charge is 2.19. The molecule has 2 heterocycles. The summed E-state index contributed by atoms with van der Waals surface area (Å²) in [6.45, 7) is 6.66. The van der Waals surface area contributed by atoms with Crippen LogP contribution < -0.4 is 0 Å². The van der Waals surface area contributed by atoms with Crippen LogP contribution in [0.15, 0.2) is 24.3 Å². The second kappa shape index (κ2) is 7.23. The first-order valence-corrected chi connectivity index (χ1v) is 8.20. The molecular formula is C18H20F2N4O. The average molecular weight is 346 g/mol. The molecule has 0 spiro atoms. The van der Waals surface area contributed by atoms with Crippen LogP contribution in [0.4, 0.5) is 8.78 Å². The minimum Gasteiger partial charge on any atom is -0.340 e. The number of benzene rings is 1. The fourth-order valence-electron chi connectivity index (χ4n) is 3.01. The van der Waals surface area contributed by atoms with Crippen LogP contribution in [0.3, 0.4) is 0 Å². The van der Waals surface area contributed by atoms with Crippen molar-refractivity contribution in [3.8, 4) is 11.3 Å². The van der Waals surface area contributed by atoms with Crippen molar-refractivity contribution < 1.29 is 13.6 Å². The summed E-state index contributed by atoms with van der Waals surface area (Å²) in [6.07, 6.45) is 0. The Morgan fingerprint density at radius 1 is 1.12 bits per heavy atom. The van der Waals surface area contributed by atoms with E-state index in [9.17, 15) is 13.6 Å². The number of aryl methyl sites for hydroxylation is 1. The number of piperazine rings is 1. The topological polar surface area (TPSA) is 49.3 Å². The van der Waals surface area contributed by atoms with Crippen molar-refractivity contribution in [2.45, 2.75) is 20.4 Å². The minimum absolute atomic E-state index is 0.0856. The summed E-state index contributed by atoms with van der Waals surface area (Å²) in [5.74, 6) is -0.754. The van der Waals surface area contributed by atoms with Crippen LogP contribution in [0.2, 0.25) is 0 Å². The van der Waals surface area contributed by atoms with E-state index in [0.717, 1.165) is 24.7 Å². The summed E-state index contributed by atoms with van der Waals surface area (Å²) >= 11 is 0. The quantitative estimate of drug-likeness (QED) is 0.801. The van der Waals surface area contributed by atoms with Gasteiger partial charge in [0, 0.05) is 51.3 Å². The van der Waals surface area contributed by atoms with Crippen LogP contribution in [0, 0.1) is 18.7 Å². The standard InChI is InChI=1S/C18H20F2N4O/c1-12-21-17(10-18(20)22-12)15-4-3-14(9-16(15)19)11-23-5-7-24(8-6-23)13(2)25/h3-4,9-10H,5-8,11H2,1-2H3. The molecule has 1 amide bonds. The number of hydrogen-bond acceptors (Lipinski definition) is 4. The molecule has 0 bridgehead atoms. The normalized spacial score (nSPS) is 15.4. The summed E-state index contributed by atoms with van der Waals surface area (Å²) < 4.78 is 27.9. The minimum atomic E-state index is -0.672. The molecule has 1 aliphatic rings. The van der Waals surface area contributed by atoms with Gasteiger partial charge >= 0.3 is 0 Å². The van der Waals surface area contributed by atoms with Crippen molar-refractivity contribution in [1.82, 2.24) is 19.8 Å². The molecule has 0 radical (unpaired) electrons. The Kier molecular flexibility index (Phi) is 5.03. The van der Waals surface area contributed by atoms with Crippen molar-refractivity contribution >= 4 is 5.91 Å². The van der Waals surface area contributed by atoms with Gasteiger partial charge in [-0.25, -0.2) is 14.4 Å². The molecule has 1 aromatic carbocycles. The largest absolute Gasteiger partial charge is 0.340 e. The molecular weight excluding hydrogens is 326 g/mol. The number of aromatic nitrogens is 2. The molecule has 1 fully saturated rings. The van der Waals surface area contributed by atoms with Crippen molar-refractivity contribution in [1.29, 1.82) is 0 Å². The van der Waals surface area contributed by atoms with Gasteiger partial charge in [0.25, 0.3) is 0 Å². The Morgan fingerprint density at radius 3 is 2.44 bits per heavy atom. The molecule has 1 aliphatic heterocycles. The molecule has 2 aromatic rings. The van der Waals surface area contributed by atoms with Crippen LogP contribution in [0.1, 0.15) is 18.3 Å². The van der Waals surface area contributed by atoms with Gasteiger partial charge in [0.15, 0.2) is 0 Å². The zero-order valence-corrected chi connectivity index (χ0v) is 14.3. The fourth-order valence-corrected chi connectivity index (χ4v) is 3.01. The molecule has 0 N–H and O–H groups in total. The summed E-state index contributed by atoms with van der Waals surface area (Å²) in [4.78, 5) is 23.0. The van der Waals surface area contributed by atoms with E-state index in [0.29, 0.717) is 19.6 Å². The lowest BCUT2D eigenvalue weighted by atomic mass is 10.1. The second-order valence-electron chi connectivity index (χ2n) is 6.22. The predicted octanol–water partition coefficient (Wildman–Crippen LogP) is 2.39. The number of nitrogens with zero attached hydrogens (tertiary/aromatic N) is 4. The number of carbonyl (C=O) groups is 1. The summed E-state index contributed by atoms with van der Waals surface area (Å²) in [5, 5.41) is 0. The molecule has 132 valence electrons. The molecule has 1 saturated heterocycles. The monoisotopic (exact) mass is 346 g/mol. The van der Waals surface area contributed by atoms with E-state index in [-0.39, 0.29) is 23.0 Å². The van der Waals surface area contributed by atoms with Gasteiger partial charge in [0.1, 0.15) is 11.6 Å². The molecule has 0 atom stereocenters. The number of halogens is 2. The van der Waals surface area contributed by atoms with Crippen LogP contribution in [0.5, 0.6) is 0 Å². The Morgan fingerprint density at radius 2 is 1.84 bits per heavy atom. The fraction of sp³-hybridized carbons (Fsp3) is 0.389. The van der Waals surface area contributed by atoms with E-state index in [2.05, 4.69) is 14.9 Å². The maximum absolute atomic E-state index is 14.5. The van der Waals surface area contributed by atoms with Gasteiger partial charge < -0.3 is 4.90 Å². The third-order valence-electron chi connectivity index (χ3n) is 4.34. The smallest absolute Gasteiger partial charge is 0.219 e. The third kappa shape index (κ3) is 4.17. The number of amides is 1. The number of hydrogen-bond donors (Lipinski definition) is 0. The van der Waals surface area contributed by atoms with E-state index in [4.69, 9.17) is 0 Å². The predicted molar refractivity (Wildman–Crippen MR) is 89.7 cm³/mol. The van der Waals surface area contributed by atoms with E-state index < -0.39 is 11.8 Å². The van der Waals surface area contributed by atoms with E-state index in [1.165, 1.54) is 6.07 Å². The maximum Gasteiger partial charge on any atom is 0.219 e. The van der Waals surface area contributed by atoms with Crippen LogP contribution in [0.25, 0.3) is 11.3 Å². The highest BCUT2D eigenvalue weighted by molar-refractivity contribution is 5.73. The van der Waals surface area contributed by atoms with Crippen molar-refractivity contribution in [2.75, 3.05) is 26.2 Å². The first-order valence-electron chi connectivity index (χ1n) is 8.20. The van der Waals surface area contributed by atoms with Crippen molar-refractivity contribution in [3.05, 3.63) is 47.4 Å². The Hall–Kier alpha value is -2.41. The lowest BCUT2D eigenvalue weighted by Crippen LogP contribution is -2.47. The van der Waals surface area contributed by atoms with E-state index in [1.807, 2.05) is 11.0 Å². The molecule has 25 heavy (non-hydrogen) atoms. The first kappa shape index (κ1) is 17.4. The highest BCUT2D eigenvalue weighted by Crippen LogP contribution is 2.23. The zero-order chi connectivity index (χ0) is 18.0. The van der Waals surface area contributed by atoms with Crippen LogP contribution in [-0.2, 0) is 11.3 Å². The zero-order valence-electron chi connectivity index (χ0n) is 14.3. The van der Waals surface area contributed by atoms with Gasteiger partial charge in [-0.15, -0.1) is 0 Å². The number of carbonyl (C=O) groups excluding carboxylic acids is 1. The van der Waals surface area contributed by atoms with Gasteiger partial charge in [-0.1, -0.05) is 6.07 Å². The van der Waals surface area contributed by atoms with Crippen molar-refractivity contribution in [3.63, 3.8) is 0 Å². The maximum atomic E-state index is 14.5. The van der Waals surface area contributed by atoms with E-state index >= 15 is 0 Å². The van der Waals surface area contributed by atoms with Crippen molar-refractivity contribution in [2.24, 2.45) is 0 Å². The average Bonchev–Trinajstić information content (AvgIpc) is 2.54. The lowest BCUT2D eigenvalue weighted by Gasteiger charge is -2.34. The van der Waals surface area contributed by atoms with Gasteiger partial charge in [-0.3, -0.25) is 9.69 Å². The molecule has 3 rings (SSSR count). The lowest BCUT2D eigenvalue weighted by molar-refractivity contribution is -0.130. The van der Waals surface area contributed by atoms with Gasteiger partial charge in [0.05, 0.1) is 5.69 Å². The molecule has 0 aliphatic carbocycles.